The maximum absolute atomic E-state index is 10.5. The van der Waals surface area contributed by atoms with Crippen molar-refractivity contribution in [3.05, 3.63) is 35.4 Å². The number of aliphatic hydroxyl groups excluding tert-OH is 1. The van der Waals surface area contributed by atoms with E-state index < -0.39 is 0 Å². The van der Waals surface area contributed by atoms with E-state index >= 15 is 0 Å². The molecule has 1 fully saturated rings. The number of aryl methyl sites for hydroxylation is 1. The lowest BCUT2D eigenvalue weighted by Crippen LogP contribution is -2.36. The normalized spacial score (nSPS) is 25.8. The van der Waals surface area contributed by atoms with Crippen LogP contribution in [0.25, 0.3) is 0 Å². The van der Waals surface area contributed by atoms with Crippen LogP contribution in [0.4, 0.5) is 0 Å². The highest BCUT2D eigenvalue weighted by atomic mass is 16.3. The van der Waals surface area contributed by atoms with E-state index in [4.69, 9.17) is 5.10 Å². The van der Waals surface area contributed by atoms with Crippen molar-refractivity contribution in [2.24, 2.45) is 5.92 Å². The van der Waals surface area contributed by atoms with Crippen LogP contribution in [-0.2, 0) is 25.9 Å². The minimum absolute atomic E-state index is 0.160. The van der Waals surface area contributed by atoms with Gasteiger partial charge in [-0.15, -0.1) is 0 Å². The Morgan fingerprint density at radius 2 is 2.20 bits per heavy atom. The van der Waals surface area contributed by atoms with Gasteiger partial charge in [0.1, 0.15) is 0 Å². The molecule has 6 nitrogen and oxygen atoms in total. The molecule has 2 aromatic heterocycles. The van der Waals surface area contributed by atoms with E-state index in [1.54, 1.807) is 0 Å². The third-order valence-electron chi connectivity index (χ3n) is 5.69. The van der Waals surface area contributed by atoms with E-state index in [1.807, 2.05) is 23.1 Å². The molecule has 0 amide bonds. The van der Waals surface area contributed by atoms with Crippen LogP contribution in [0.2, 0.25) is 0 Å². The maximum Gasteiger partial charge on any atom is 0.0696 e. The Bertz CT molecular complexity index is 706. The summed E-state index contributed by atoms with van der Waals surface area (Å²) in [6, 6.07) is 2.49. The molecular weight excluding hydrogens is 314 g/mol. The molecule has 2 aromatic rings. The van der Waals surface area contributed by atoms with Crippen LogP contribution in [-0.4, -0.2) is 36.8 Å². The van der Waals surface area contributed by atoms with Crippen LogP contribution in [0.1, 0.15) is 56.1 Å². The van der Waals surface area contributed by atoms with Crippen molar-refractivity contribution in [1.29, 1.82) is 0 Å². The molecule has 3 atom stereocenters. The highest BCUT2D eigenvalue weighted by molar-refractivity contribution is 5.31. The Labute approximate surface area is 149 Å². The molecule has 136 valence electrons. The van der Waals surface area contributed by atoms with Crippen LogP contribution < -0.4 is 5.32 Å². The number of nitrogens with zero attached hydrogens (tertiary/aromatic N) is 4. The third-order valence-corrected chi connectivity index (χ3v) is 5.69. The minimum Gasteiger partial charge on any atom is -0.391 e. The molecule has 0 aromatic carbocycles. The SMILES string of the molecule is CC(C)n1nc2c(c1CN[C@@H]1CC(Cn3cccn3)C[C@H]1O)CCC2. The standard InChI is InChI=1S/C19H29N5O/c1-13(2)24-18(15-5-3-6-16(15)22-24)11-20-17-9-14(10-19(17)25)12-23-8-4-7-21-23/h4,7-8,13-14,17,19-20,25H,3,5-6,9-12H2,1-2H3/t14?,17-,19-/m1/s1. The fourth-order valence-electron chi connectivity index (χ4n) is 4.48. The first-order chi connectivity index (χ1) is 12.1. The summed E-state index contributed by atoms with van der Waals surface area (Å²) >= 11 is 0. The lowest BCUT2D eigenvalue weighted by Gasteiger charge is -2.19. The second-order valence-electron chi connectivity index (χ2n) is 7.88. The van der Waals surface area contributed by atoms with E-state index in [0.29, 0.717) is 12.0 Å². The van der Waals surface area contributed by atoms with Gasteiger partial charge in [-0.05, 0) is 63.5 Å². The Kier molecular flexibility index (Phi) is 4.65. The predicted octanol–water partition coefficient (Wildman–Crippen LogP) is 2.08. The number of nitrogens with one attached hydrogen (secondary N) is 1. The Morgan fingerprint density at radius 3 is 2.96 bits per heavy atom. The van der Waals surface area contributed by atoms with E-state index in [2.05, 4.69) is 28.9 Å². The first kappa shape index (κ1) is 16.8. The van der Waals surface area contributed by atoms with Gasteiger partial charge in [-0.2, -0.15) is 10.2 Å². The van der Waals surface area contributed by atoms with E-state index in [1.165, 1.54) is 23.4 Å². The maximum atomic E-state index is 10.5. The molecule has 2 heterocycles. The number of fused-ring (bicyclic) bond motifs is 1. The fourth-order valence-corrected chi connectivity index (χ4v) is 4.48. The number of rotatable bonds is 6. The molecule has 0 radical (unpaired) electrons. The van der Waals surface area contributed by atoms with Crippen LogP contribution in [0.15, 0.2) is 18.5 Å². The highest BCUT2D eigenvalue weighted by Gasteiger charge is 2.33. The summed E-state index contributed by atoms with van der Waals surface area (Å²) < 4.78 is 4.15. The molecule has 0 spiro atoms. The van der Waals surface area contributed by atoms with Gasteiger partial charge in [-0.25, -0.2) is 0 Å². The van der Waals surface area contributed by atoms with Gasteiger partial charge < -0.3 is 10.4 Å². The van der Waals surface area contributed by atoms with Gasteiger partial charge in [-0.1, -0.05) is 0 Å². The summed E-state index contributed by atoms with van der Waals surface area (Å²) in [5.74, 6) is 0.480. The van der Waals surface area contributed by atoms with E-state index in [9.17, 15) is 5.11 Å². The van der Waals surface area contributed by atoms with Gasteiger partial charge in [0.05, 0.1) is 17.5 Å². The van der Waals surface area contributed by atoms with E-state index in [-0.39, 0.29) is 12.1 Å². The number of aliphatic hydroxyl groups is 1. The third kappa shape index (κ3) is 3.37. The predicted molar refractivity (Wildman–Crippen MR) is 96.2 cm³/mol. The van der Waals surface area contributed by atoms with Crippen LogP contribution in [0.5, 0.6) is 0 Å². The van der Waals surface area contributed by atoms with Crippen molar-refractivity contribution in [1.82, 2.24) is 24.9 Å². The Morgan fingerprint density at radius 1 is 1.32 bits per heavy atom. The quantitative estimate of drug-likeness (QED) is 0.843. The Hall–Kier alpha value is -1.66. The van der Waals surface area contributed by atoms with Crippen LogP contribution >= 0.6 is 0 Å². The summed E-state index contributed by atoms with van der Waals surface area (Å²) in [6.07, 6.45) is 8.87. The number of aromatic nitrogens is 4. The lowest BCUT2D eigenvalue weighted by atomic mass is 10.1. The average molecular weight is 343 g/mol. The van der Waals surface area contributed by atoms with Crippen molar-refractivity contribution < 1.29 is 5.11 Å². The van der Waals surface area contributed by atoms with Crippen molar-refractivity contribution in [3.8, 4) is 0 Å². The summed E-state index contributed by atoms with van der Waals surface area (Å²) in [4.78, 5) is 0. The molecule has 1 unspecified atom stereocenters. The monoisotopic (exact) mass is 343 g/mol. The van der Waals surface area contributed by atoms with Crippen molar-refractivity contribution >= 4 is 0 Å². The Balaban J connectivity index is 1.40. The zero-order valence-electron chi connectivity index (χ0n) is 15.2. The molecule has 2 aliphatic carbocycles. The topological polar surface area (TPSA) is 67.9 Å². The second kappa shape index (κ2) is 6.92. The molecule has 4 rings (SSSR count). The van der Waals surface area contributed by atoms with Crippen molar-refractivity contribution in [3.63, 3.8) is 0 Å². The molecule has 0 bridgehead atoms. The summed E-state index contributed by atoms with van der Waals surface area (Å²) in [5, 5.41) is 23.2. The van der Waals surface area contributed by atoms with Crippen LogP contribution in [0, 0.1) is 5.92 Å². The number of hydrogen-bond acceptors (Lipinski definition) is 4. The average Bonchev–Trinajstić information content (AvgIpc) is 3.31. The first-order valence-corrected chi connectivity index (χ1v) is 9.60. The number of hydrogen-bond donors (Lipinski definition) is 2. The van der Waals surface area contributed by atoms with Crippen molar-refractivity contribution in [2.45, 2.75) is 77.2 Å². The van der Waals surface area contributed by atoms with Gasteiger partial charge >= 0.3 is 0 Å². The molecule has 25 heavy (non-hydrogen) atoms. The van der Waals surface area contributed by atoms with Gasteiger partial charge in [0, 0.05) is 37.6 Å². The zero-order valence-corrected chi connectivity index (χ0v) is 15.2. The highest BCUT2D eigenvalue weighted by Crippen LogP contribution is 2.30. The lowest BCUT2D eigenvalue weighted by molar-refractivity contribution is 0.145. The smallest absolute Gasteiger partial charge is 0.0696 e. The van der Waals surface area contributed by atoms with Gasteiger partial charge in [0.2, 0.25) is 0 Å². The fraction of sp³-hybridized carbons (Fsp3) is 0.684. The van der Waals surface area contributed by atoms with Gasteiger partial charge in [-0.3, -0.25) is 9.36 Å². The van der Waals surface area contributed by atoms with Gasteiger partial charge in [0.25, 0.3) is 0 Å². The summed E-state index contributed by atoms with van der Waals surface area (Å²) in [5.41, 5.74) is 4.06. The summed E-state index contributed by atoms with van der Waals surface area (Å²) in [7, 11) is 0. The molecule has 0 aliphatic heterocycles. The summed E-state index contributed by atoms with van der Waals surface area (Å²) in [6.45, 7) is 6.07. The first-order valence-electron chi connectivity index (χ1n) is 9.60. The zero-order chi connectivity index (χ0) is 17.4. The molecule has 1 saturated carbocycles. The van der Waals surface area contributed by atoms with Crippen LogP contribution in [0.3, 0.4) is 0 Å². The van der Waals surface area contributed by atoms with E-state index in [0.717, 1.165) is 38.8 Å². The van der Waals surface area contributed by atoms with Gasteiger partial charge in [0.15, 0.2) is 0 Å². The molecule has 0 saturated heterocycles. The molecule has 2 N–H and O–H groups in total. The second-order valence-corrected chi connectivity index (χ2v) is 7.88. The molecule has 2 aliphatic rings. The molecular formula is C19H29N5O. The largest absolute Gasteiger partial charge is 0.391 e. The molecule has 6 heteroatoms. The van der Waals surface area contributed by atoms with Crippen molar-refractivity contribution in [2.75, 3.05) is 0 Å². The minimum atomic E-state index is -0.274.